The molecule has 114 valence electrons. The van der Waals surface area contributed by atoms with Gasteiger partial charge in [-0.3, -0.25) is 19.8 Å². The first kappa shape index (κ1) is 15.4. The van der Waals surface area contributed by atoms with Gasteiger partial charge < -0.3 is 5.11 Å². The second-order valence-electron chi connectivity index (χ2n) is 5.77. The molecule has 0 amide bonds. The van der Waals surface area contributed by atoms with Crippen molar-refractivity contribution in [1.29, 1.82) is 0 Å². The Morgan fingerprint density at radius 2 is 2.19 bits per heavy atom. The smallest absolute Gasteiger partial charge is 0.321 e. The van der Waals surface area contributed by atoms with Crippen LogP contribution < -0.4 is 0 Å². The Hall–Kier alpha value is -1.95. The number of likely N-dealkylation sites (tertiary alicyclic amines) is 1. The average molecular weight is 292 g/mol. The Morgan fingerprint density at radius 1 is 1.52 bits per heavy atom. The maximum Gasteiger partial charge on any atom is 0.321 e. The lowest BCUT2D eigenvalue weighted by Gasteiger charge is -2.29. The fourth-order valence-corrected chi connectivity index (χ4v) is 3.07. The van der Waals surface area contributed by atoms with Crippen LogP contribution in [0.2, 0.25) is 0 Å². The predicted molar refractivity (Wildman–Crippen MR) is 78.2 cm³/mol. The molecule has 1 saturated heterocycles. The summed E-state index contributed by atoms with van der Waals surface area (Å²) >= 11 is 0. The molecular formula is C15H20N2O4. The first-order chi connectivity index (χ1) is 9.82. The van der Waals surface area contributed by atoms with Crippen molar-refractivity contribution < 1.29 is 14.8 Å². The van der Waals surface area contributed by atoms with Gasteiger partial charge in [-0.15, -0.1) is 0 Å². The lowest BCUT2D eigenvalue weighted by Crippen LogP contribution is -2.40. The fraction of sp³-hybridized carbons (Fsp3) is 0.533. The van der Waals surface area contributed by atoms with Crippen molar-refractivity contribution in [3.05, 3.63) is 39.4 Å². The molecule has 1 aliphatic rings. The van der Waals surface area contributed by atoms with Crippen molar-refractivity contribution in [2.75, 3.05) is 6.54 Å². The van der Waals surface area contributed by atoms with Gasteiger partial charge >= 0.3 is 5.97 Å². The van der Waals surface area contributed by atoms with Crippen LogP contribution in [0.4, 0.5) is 5.69 Å². The van der Waals surface area contributed by atoms with Gasteiger partial charge in [-0.1, -0.05) is 19.1 Å². The number of nitro benzene ring substituents is 1. The summed E-state index contributed by atoms with van der Waals surface area (Å²) in [4.78, 5) is 24.0. The molecule has 0 radical (unpaired) electrons. The molecule has 0 spiro atoms. The Bertz CT molecular complexity index is 573. The van der Waals surface area contributed by atoms with Crippen molar-refractivity contribution in [3.8, 4) is 0 Å². The molecule has 0 bridgehead atoms. The van der Waals surface area contributed by atoms with E-state index >= 15 is 0 Å². The zero-order valence-corrected chi connectivity index (χ0v) is 12.4. The van der Waals surface area contributed by atoms with Crippen molar-refractivity contribution >= 4 is 11.7 Å². The third-order valence-electron chi connectivity index (χ3n) is 4.40. The molecule has 0 aromatic heterocycles. The van der Waals surface area contributed by atoms with E-state index in [9.17, 15) is 20.0 Å². The first-order valence-electron chi connectivity index (χ1n) is 7.06. The van der Waals surface area contributed by atoms with E-state index in [-0.39, 0.29) is 17.6 Å². The van der Waals surface area contributed by atoms with E-state index in [2.05, 4.69) is 0 Å². The van der Waals surface area contributed by atoms with Gasteiger partial charge in [0.2, 0.25) is 0 Å². The Labute approximate surface area is 123 Å². The summed E-state index contributed by atoms with van der Waals surface area (Å²) in [5.41, 5.74) is 1.48. The average Bonchev–Trinajstić information content (AvgIpc) is 2.80. The summed E-state index contributed by atoms with van der Waals surface area (Å²) in [6.07, 6.45) is 0.829. The van der Waals surface area contributed by atoms with Crippen LogP contribution in [0, 0.1) is 23.0 Å². The molecule has 2 rings (SSSR count). The van der Waals surface area contributed by atoms with Crippen LogP contribution in [-0.2, 0) is 4.79 Å². The van der Waals surface area contributed by atoms with Gasteiger partial charge in [0.05, 0.1) is 4.92 Å². The maximum absolute atomic E-state index is 11.4. The summed E-state index contributed by atoms with van der Waals surface area (Å²) in [5.74, 6) is -0.737. The van der Waals surface area contributed by atoms with E-state index < -0.39 is 16.9 Å². The standard InChI is InChI=1S/C15H20N2O4/c1-9-4-5-12(8-13(9)17(20)21)11(3)16-7-6-10(2)14(16)15(18)19/h4-5,8,10-11,14H,6-7H2,1-3H3,(H,18,19). The summed E-state index contributed by atoms with van der Waals surface area (Å²) in [7, 11) is 0. The number of aryl methyl sites for hydroxylation is 1. The number of hydrogen-bond acceptors (Lipinski definition) is 4. The number of nitro groups is 1. The van der Waals surface area contributed by atoms with Crippen molar-refractivity contribution in [3.63, 3.8) is 0 Å². The summed E-state index contributed by atoms with van der Waals surface area (Å²) < 4.78 is 0. The van der Waals surface area contributed by atoms with Crippen molar-refractivity contribution in [2.45, 2.75) is 39.3 Å². The lowest BCUT2D eigenvalue weighted by atomic mass is 10.00. The van der Waals surface area contributed by atoms with Crippen LogP contribution in [0.25, 0.3) is 0 Å². The Balaban J connectivity index is 2.32. The monoisotopic (exact) mass is 292 g/mol. The molecule has 6 nitrogen and oxygen atoms in total. The van der Waals surface area contributed by atoms with E-state index in [0.29, 0.717) is 12.1 Å². The van der Waals surface area contributed by atoms with Crippen LogP contribution in [-0.4, -0.2) is 33.5 Å². The number of carbonyl (C=O) groups is 1. The largest absolute Gasteiger partial charge is 0.480 e. The first-order valence-corrected chi connectivity index (χ1v) is 7.06. The molecular weight excluding hydrogens is 272 g/mol. The van der Waals surface area contributed by atoms with Crippen molar-refractivity contribution in [2.24, 2.45) is 5.92 Å². The summed E-state index contributed by atoms with van der Waals surface area (Å²) in [6, 6.07) is 4.44. The number of aliphatic carboxylic acids is 1. The number of carboxylic acids is 1. The molecule has 21 heavy (non-hydrogen) atoms. The van der Waals surface area contributed by atoms with E-state index in [1.165, 1.54) is 0 Å². The topological polar surface area (TPSA) is 83.7 Å². The molecule has 1 aliphatic heterocycles. The minimum Gasteiger partial charge on any atom is -0.480 e. The minimum absolute atomic E-state index is 0.0819. The van der Waals surface area contributed by atoms with E-state index in [0.717, 1.165) is 12.0 Å². The third kappa shape index (κ3) is 2.90. The lowest BCUT2D eigenvalue weighted by molar-refractivity contribution is -0.385. The van der Waals surface area contributed by atoms with Crippen LogP contribution in [0.3, 0.4) is 0 Å². The number of nitrogens with zero attached hydrogens (tertiary/aromatic N) is 2. The minimum atomic E-state index is -0.825. The zero-order valence-electron chi connectivity index (χ0n) is 12.4. The SMILES string of the molecule is Cc1ccc(C(C)N2CCC(C)C2C(=O)O)cc1[N+](=O)[O-]. The second-order valence-corrected chi connectivity index (χ2v) is 5.77. The fourth-order valence-electron chi connectivity index (χ4n) is 3.07. The molecule has 0 saturated carbocycles. The predicted octanol–water partition coefficient (Wildman–Crippen LogP) is 2.76. The molecule has 1 aromatic rings. The van der Waals surface area contributed by atoms with E-state index in [1.807, 2.05) is 24.8 Å². The summed E-state index contributed by atoms with van der Waals surface area (Å²) in [6.45, 7) is 6.23. The molecule has 3 unspecified atom stereocenters. The quantitative estimate of drug-likeness (QED) is 0.681. The molecule has 1 heterocycles. The van der Waals surface area contributed by atoms with Gasteiger partial charge in [-0.2, -0.15) is 0 Å². The van der Waals surface area contributed by atoms with Crippen LogP contribution >= 0.6 is 0 Å². The molecule has 1 aromatic carbocycles. The van der Waals surface area contributed by atoms with Gasteiger partial charge in [0.15, 0.2) is 0 Å². The summed E-state index contributed by atoms with van der Waals surface area (Å²) in [5, 5.41) is 20.4. The third-order valence-corrected chi connectivity index (χ3v) is 4.40. The number of rotatable bonds is 4. The van der Waals surface area contributed by atoms with Crippen LogP contribution in [0.5, 0.6) is 0 Å². The van der Waals surface area contributed by atoms with Crippen LogP contribution in [0.15, 0.2) is 18.2 Å². The molecule has 1 N–H and O–H groups in total. The van der Waals surface area contributed by atoms with Gasteiger partial charge in [-0.05, 0) is 38.3 Å². The highest BCUT2D eigenvalue weighted by Crippen LogP contribution is 2.34. The zero-order chi connectivity index (χ0) is 15.7. The highest BCUT2D eigenvalue weighted by molar-refractivity contribution is 5.74. The van der Waals surface area contributed by atoms with Gasteiger partial charge in [0.25, 0.3) is 5.69 Å². The van der Waals surface area contributed by atoms with Gasteiger partial charge in [0, 0.05) is 17.7 Å². The van der Waals surface area contributed by atoms with Crippen molar-refractivity contribution in [1.82, 2.24) is 4.90 Å². The molecule has 3 atom stereocenters. The number of benzene rings is 1. The maximum atomic E-state index is 11.4. The van der Waals surface area contributed by atoms with E-state index in [4.69, 9.17) is 0 Å². The number of hydrogen-bond donors (Lipinski definition) is 1. The van der Waals surface area contributed by atoms with Gasteiger partial charge in [-0.25, -0.2) is 0 Å². The Morgan fingerprint density at radius 3 is 2.76 bits per heavy atom. The molecule has 6 heteroatoms. The second kappa shape index (κ2) is 5.81. The molecule has 0 aliphatic carbocycles. The van der Waals surface area contributed by atoms with Gasteiger partial charge in [0.1, 0.15) is 6.04 Å². The Kier molecular flexibility index (Phi) is 4.27. The highest BCUT2D eigenvalue weighted by Gasteiger charge is 2.39. The van der Waals surface area contributed by atoms with E-state index in [1.54, 1.807) is 19.1 Å². The number of carboxylic acid groups (broad SMARTS) is 1. The normalized spacial score (nSPS) is 24.0. The highest BCUT2D eigenvalue weighted by atomic mass is 16.6. The molecule has 1 fully saturated rings. The van der Waals surface area contributed by atoms with Crippen LogP contribution in [0.1, 0.15) is 37.4 Å².